The fourth-order valence-corrected chi connectivity index (χ4v) is 2.28. The number of rotatable bonds is 13. The molecule has 1 heterocycles. The monoisotopic (exact) mass is 318 g/mol. The second-order valence-corrected chi connectivity index (χ2v) is 5.74. The summed E-state index contributed by atoms with van der Waals surface area (Å²) in [5, 5.41) is 8.50. The summed E-state index contributed by atoms with van der Waals surface area (Å²) in [6, 6.07) is 0. The van der Waals surface area contributed by atoms with Gasteiger partial charge in [0, 0.05) is 6.42 Å². The summed E-state index contributed by atoms with van der Waals surface area (Å²) in [4.78, 5) is 10.3. The van der Waals surface area contributed by atoms with Crippen LogP contribution in [0.5, 0.6) is 0 Å². The minimum atomic E-state index is -0.717. The van der Waals surface area contributed by atoms with Gasteiger partial charge in [-0.3, -0.25) is 4.79 Å². The van der Waals surface area contributed by atoms with E-state index in [9.17, 15) is 4.79 Å². The van der Waals surface area contributed by atoms with E-state index in [4.69, 9.17) is 9.84 Å². The highest BCUT2D eigenvalue weighted by molar-refractivity contribution is 5.66. The first-order chi connectivity index (χ1) is 11.2. The molecule has 3 nitrogen and oxygen atoms in total. The topological polar surface area (TPSA) is 49.8 Å². The number of carboxylic acid groups (broad SMARTS) is 1. The van der Waals surface area contributed by atoms with Crippen LogP contribution in [0, 0.1) is 0 Å². The van der Waals surface area contributed by atoms with Gasteiger partial charge in [-0.15, -0.1) is 0 Å². The maximum Gasteiger partial charge on any atom is 0.303 e. The number of carbonyl (C=O) groups is 1. The van der Waals surface area contributed by atoms with Crippen LogP contribution in [-0.4, -0.2) is 23.3 Å². The van der Waals surface area contributed by atoms with E-state index in [1.807, 2.05) is 0 Å². The quantitative estimate of drug-likeness (QED) is 0.288. The predicted octanol–water partition coefficient (Wildman–Crippen LogP) is 5.20. The molecule has 0 aromatic rings. The van der Waals surface area contributed by atoms with Crippen LogP contribution in [0.25, 0.3) is 0 Å². The smallest absolute Gasteiger partial charge is 0.303 e. The highest BCUT2D eigenvalue weighted by atomic mass is 16.6. The van der Waals surface area contributed by atoms with Crippen LogP contribution in [0.15, 0.2) is 48.6 Å². The summed E-state index contributed by atoms with van der Waals surface area (Å²) in [5.41, 5.74) is 0. The largest absolute Gasteiger partial charge is 0.481 e. The van der Waals surface area contributed by atoms with E-state index < -0.39 is 5.97 Å². The van der Waals surface area contributed by atoms with Crippen LogP contribution in [0.4, 0.5) is 0 Å². The summed E-state index contributed by atoms with van der Waals surface area (Å²) in [7, 11) is 0. The lowest BCUT2D eigenvalue weighted by molar-refractivity contribution is -0.137. The molecule has 0 aromatic carbocycles. The standard InChI is InChI=1S/C20H30O3/c1-2-18-19(23-18)16-14-12-10-8-6-4-3-5-7-9-11-13-15-17-20(21)22/h3,5-6,8-9,11-12,14,18-19H,2,4,7,10,13,15-17H2,1H3,(H,21,22)/b5-3-,8-6-,11-9-,14-12-. The predicted molar refractivity (Wildman–Crippen MR) is 95.5 cm³/mol. The third-order valence-electron chi connectivity index (χ3n) is 3.70. The minimum Gasteiger partial charge on any atom is -0.481 e. The minimum absolute atomic E-state index is 0.256. The van der Waals surface area contributed by atoms with Crippen LogP contribution in [0.1, 0.15) is 58.3 Å². The lowest BCUT2D eigenvalue weighted by atomic mass is 10.2. The zero-order valence-electron chi connectivity index (χ0n) is 14.2. The number of epoxide rings is 1. The van der Waals surface area contributed by atoms with E-state index in [2.05, 4.69) is 55.5 Å². The number of carboxylic acids is 1. The Bertz CT molecular complexity index is 432. The molecule has 0 radical (unpaired) electrons. The van der Waals surface area contributed by atoms with Crippen molar-refractivity contribution < 1.29 is 14.6 Å². The second-order valence-electron chi connectivity index (χ2n) is 5.74. The van der Waals surface area contributed by atoms with E-state index in [1.54, 1.807) is 0 Å². The van der Waals surface area contributed by atoms with Gasteiger partial charge in [-0.05, 0) is 44.9 Å². The van der Waals surface area contributed by atoms with E-state index in [-0.39, 0.29) is 6.42 Å². The molecular formula is C20H30O3. The molecule has 3 heteroatoms. The van der Waals surface area contributed by atoms with Crippen molar-refractivity contribution in [1.29, 1.82) is 0 Å². The lowest BCUT2D eigenvalue weighted by Gasteiger charge is -1.90. The fourth-order valence-electron chi connectivity index (χ4n) is 2.28. The average molecular weight is 318 g/mol. The summed E-state index contributed by atoms with van der Waals surface area (Å²) >= 11 is 0. The molecule has 1 N–H and O–H groups in total. The second kappa shape index (κ2) is 12.9. The van der Waals surface area contributed by atoms with Gasteiger partial charge in [-0.25, -0.2) is 0 Å². The maximum atomic E-state index is 10.3. The first-order valence-electron chi connectivity index (χ1n) is 8.71. The Hall–Kier alpha value is -1.61. The lowest BCUT2D eigenvalue weighted by Crippen LogP contribution is -1.92. The van der Waals surface area contributed by atoms with Gasteiger partial charge in [0.1, 0.15) is 0 Å². The number of hydrogen-bond donors (Lipinski definition) is 1. The normalized spacial score (nSPS) is 21.3. The molecule has 0 amide bonds. The molecule has 2 unspecified atom stereocenters. The van der Waals surface area contributed by atoms with Crippen molar-refractivity contribution in [3.63, 3.8) is 0 Å². The summed E-state index contributed by atoms with van der Waals surface area (Å²) in [6.45, 7) is 2.17. The van der Waals surface area contributed by atoms with Gasteiger partial charge < -0.3 is 9.84 Å². The molecule has 23 heavy (non-hydrogen) atoms. The Labute approximate surface area is 140 Å². The average Bonchev–Trinajstić information content (AvgIpc) is 3.29. The number of hydrogen-bond acceptors (Lipinski definition) is 2. The molecule has 2 atom stereocenters. The van der Waals surface area contributed by atoms with Gasteiger partial charge in [-0.2, -0.15) is 0 Å². The molecule has 1 saturated heterocycles. The number of allylic oxidation sites excluding steroid dienone is 7. The molecule has 128 valence electrons. The van der Waals surface area contributed by atoms with Crippen LogP contribution in [0.3, 0.4) is 0 Å². The third-order valence-corrected chi connectivity index (χ3v) is 3.70. The molecule has 1 fully saturated rings. The summed E-state index contributed by atoms with van der Waals surface area (Å²) in [5.74, 6) is -0.717. The van der Waals surface area contributed by atoms with Crippen molar-refractivity contribution in [3.05, 3.63) is 48.6 Å². The SMILES string of the molecule is CCC1OC1C/C=C\C/C=C\C/C=C\C/C=C\CCCC(=O)O. The first kappa shape index (κ1) is 19.4. The Morgan fingerprint density at radius 2 is 1.48 bits per heavy atom. The van der Waals surface area contributed by atoms with Crippen molar-refractivity contribution in [1.82, 2.24) is 0 Å². The number of aliphatic carboxylic acids is 1. The van der Waals surface area contributed by atoms with Gasteiger partial charge in [0.25, 0.3) is 0 Å². The number of unbranched alkanes of at least 4 members (excludes halogenated alkanes) is 1. The fraction of sp³-hybridized carbons (Fsp3) is 0.550. The van der Waals surface area contributed by atoms with E-state index in [0.29, 0.717) is 12.2 Å². The van der Waals surface area contributed by atoms with Crippen LogP contribution >= 0.6 is 0 Å². The highest BCUT2D eigenvalue weighted by Gasteiger charge is 2.35. The first-order valence-corrected chi connectivity index (χ1v) is 8.71. The Morgan fingerprint density at radius 3 is 2.00 bits per heavy atom. The molecule has 0 aromatic heterocycles. The van der Waals surface area contributed by atoms with E-state index in [1.165, 1.54) is 0 Å². The van der Waals surface area contributed by atoms with Gasteiger partial charge in [-0.1, -0.05) is 55.5 Å². The molecule has 1 rings (SSSR count). The zero-order valence-corrected chi connectivity index (χ0v) is 14.2. The molecule has 0 bridgehead atoms. The molecule has 0 saturated carbocycles. The van der Waals surface area contributed by atoms with Crippen molar-refractivity contribution in [2.24, 2.45) is 0 Å². The number of ether oxygens (including phenoxy) is 1. The Kier molecular flexibility index (Phi) is 10.9. The molecule has 1 aliphatic rings. The maximum absolute atomic E-state index is 10.3. The van der Waals surface area contributed by atoms with Crippen LogP contribution in [0.2, 0.25) is 0 Å². The van der Waals surface area contributed by atoms with Crippen LogP contribution < -0.4 is 0 Å². The van der Waals surface area contributed by atoms with Crippen LogP contribution in [-0.2, 0) is 9.53 Å². The van der Waals surface area contributed by atoms with Crippen molar-refractivity contribution in [3.8, 4) is 0 Å². The van der Waals surface area contributed by atoms with Crippen molar-refractivity contribution >= 4 is 5.97 Å². The Balaban J connectivity index is 1.90. The van der Waals surface area contributed by atoms with E-state index >= 15 is 0 Å². The third kappa shape index (κ3) is 11.6. The molecule has 0 aliphatic carbocycles. The molecular weight excluding hydrogens is 288 g/mol. The summed E-state index contributed by atoms with van der Waals surface area (Å²) < 4.78 is 5.48. The van der Waals surface area contributed by atoms with E-state index in [0.717, 1.165) is 44.9 Å². The van der Waals surface area contributed by atoms with Gasteiger partial charge >= 0.3 is 5.97 Å². The van der Waals surface area contributed by atoms with Gasteiger partial charge in [0.15, 0.2) is 0 Å². The van der Waals surface area contributed by atoms with Crippen molar-refractivity contribution in [2.75, 3.05) is 0 Å². The summed E-state index contributed by atoms with van der Waals surface area (Å²) in [6.07, 6.45) is 25.1. The molecule has 0 spiro atoms. The van der Waals surface area contributed by atoms with Gasteiger partial charge in [0.2, 0.25) is 0 Å². The van der Waals surface area contributed by atoms with Gasteiger partial charge in [0.05, 0.1) is 12.2 Å². The van der Waals surface area contributed by atoms with Crippen molar-refractivity contribution in [2.45, 2.75) is 70.5 Å². The Morgan fingerprint density at radius 1 is 0.913 bits per heavy atom. The highest BCUT2D eigenvalue weighted by Crippen LogP contribution is 2.28. The molecule has 1 aliphatic heterocycles. The zero-order chi connectivity index (χ0) is 16.8.